The number of carboxylic acid groups (broad SMARTS) is 1. The average Bonchev–Trinajstić information content (AvgIpc) is 2.31. The number of phenolic OH excluding ortho intramolecular Hbond substituents is 2. The van der Waals surface area contributed by atoms with E-state index in [0.29, 0.717) is 12.0 Å². The van der Waals surface area contributed by atoms with Gasteiger partial charge in [-0.25, -0.2) is 0 Å². The lowest BCUT2D eigenvalue weighted by Gasteiger charge is -2.21. The van der Waals surface area contributed by atoms with Crippen LogP contribution in [-0.4, -0.2) is 27.3 Å². The molecule has 0 bridgehead atoms. The molecule has 0 fully saturated rings. The third-order valence-electron chi connectivity index (χ3n) is 2.80. The van der Waals surface area contributed by atoms with Gasteiger partial charge in [-0.3, -0.25) is 10.1 Å². The highest BCUT2D eigenvalue weighted by Crippen LogP contribution is 2.28. The van der Waals surface area contributed by atoms with E-state index in [1.54, 1.807) is 6.92 Å². The Labute approximate surface area is 106 Å². The molecule has 0 heterocycles. The molecule has 2 unspecified atom stereocenters. The Kier molecular flexibility index (Phi) is 4.97. The summed E-state index contributed by atoms with van der Waals surface area (Å²) in [6.45, 7) is 3.66. The molecule has 0 spiro atoms. The van der Waals surface area contributed by atoms with Crippen LogP contribution in [0.25, 0.3) is 0 Å². The van der Waals surface area contributed by atoms with Crippen molar-refractivity contribution in [2.75, 3.05) is 0 Å². The number of hydrogen-bond acceptors (Lipinski definition) is 4. The highest BCUT2D eigenvalue weighted by molar-refractivity contribution is 5.73. The van der Waals surface area contributed by atoms with E-state index in [1.807, 2.05) is 6.92 Å². The number of phenols is 2. The molecule has 0 saturated heterocycles. The summed E-state index contributed by atoms with van der Waals surface area (Å²) in [4.78, 5) is 11.0. The van der Waals surface area contributed by atoms with Crippen LogP contribution in [0.1, 0.15) is 38.3 Å². The van der Waals surface area contributed by atoms with Crippen LogP contribution in [0.3, 0.4) is 0 Å². The molecule has 0 amide bonds. The molecule has 4 N–H and O–H groups in total. The van der Waals surface area contributed by atoms with Crippen molar-refractivity contribution in [2.45, 2.75) is 38.8 Å². The van der Waals surface area contributed by atoms with Gasteiger partial charge in [0.1, 0.15) is 17.5 Å². The normalized spacial score (nSPS) is 14.1. The van der Waals surface area contributed by atoms with E-state index in [4.69, 9.17) is 5.11 Å². The van der Waals surface area contributed by atoms with Gasteiger partial charge in [-0.1, -0.05) is 13.3 Å². The first-order chi connectivity index (χ1) is 8.45. The summed E-state index contributed by atoms with van der Waals surface area (Å²) < 4.78 is 0. The van der Waals surface area contributed by atoms with Crippen LogP contribution < -0.4 is 5.32 Å². The Morgan fingerprint density at radius 3 is 2.61 bits per heavy atom. The SMILES string of the molecule is CCCC(NC(C)c1cc(O)ccc1O)C(=O)O. The quantitative estimate of drug-likeness (QED) is 0.582. The van der Waals surface area contributed by atoms with Gasteiger partial charge in [-0.15, -0.1) is 0 Å². The number of nitrogens with one attached hydrogen (secondary N) is 1. The Bertz CT molecular complexity index is 419. The molecule has 100 valence electrons. The second kappa shape index (κ2) is 6.26. The molecule has 0 saturated carbocycles. The van der Waals surface area contributed by atoms with E-state index >= 15 is 0 Å². The predicted molar refractivity (Wildman–Crippen MR) is 67.7 cm³/mol. The highest BCUT2D eigenvalue weighted by atomic mass is 16.4. The third kappa shape index (κ3) is 3.63. The summed E-state index contributed by atoms with van der Waals surface area (Å²) >= 11 is 0. The molecule has 2 atom stereocenters. The topological polar surface area (TPSA) is 89.8 Å². The summed E-state index contributed by atoms with van der Waals surface area (Å²) in [5, 5.41) is 31.0. The van der Waals surface area contributed by atoms with E-state index < -0.39 is 12.0 Å². The van der Waals surface area contributed by atoms with Crippen molar-refractivity contribution in [1.29, 1.82) is 0 Å². The van der Waals surface area contributed by atoms with Crippen LogP contribution in [-0.2, 0) is 4.79 Å². The van der Waals surface area contributed by atoms with Crippen LogP contribution in [0.4, 0.5) is 0 Å². The van der Waals surface area contributed by atoms with Crippen LogP contribution in [0.15, 0.2) is 18.2 Å². The smallest absolute Gasteiger partial charge is 0.320 e. The Morgan fingerprint density at radius 1 is 1.39 bits per heavy atom. The maximum atomic E-state index is 11.0. The van der Waals surface area contributed by atoms with Crippen molar-refractivity contribution < 1.29 is 20.1 Å². The standard InChI is InChI=1S/C13H19NO4/c1-3-4-11(13(17)18)14-8(2)10-7-9(15)5-6-12(10)16/h5-8,11,14-16H,3-4H2,1-2H3,(H,17,18). The molecule has 0 aromatic heterocycles. The molecule has 0 aliphatic carbocycles. The van der Waals surface area contributed by atoms with Crippen LogP contribution in [0, 0.1) is 0 Å². The fraction of sp³-hybridized carbons (Fsp3) is 0.462. The molecular weight excluding hydrogens is 234 g/mol. The van der Waals surface area contributed by atoms with Gasteiger partial charge in [-0.2, -0.15) is 0 Å². The average molecular weight is 253 g/mol. The Morgan fingerprint density at radius 2 is 2.06 bits per heavy atom. The van der Waals surface area contributed by atoms with E-state index in [0.717, 1.165) is 6.42 Å². The molecule has 5 heteroatoms. The third-order valence-corrected chi connectivity index (χ3v) is 2.80. The molecule has 1 aromatic carbocycles. The van der Waals surface area contributed by atoms with Gasteiger partial charge in [0, 0.05) is 11.6 Å². The lowest BCUT2D eigenvalue weighted by atomic mass is 10.0. The van der Waals surface area contributed by atoms with Gasteiger partial charge >= 0.3 is 5.97 Å². The van der Waals surface area contributed by atoms with E-state index in [1.165, 1.54) is 18.2 Å². The largest absolute Gasteiger partial charge is 0.508 e. The fourth-order valence-corrected chi connectivity index (χ4v) is 1.85. The summed E-state index contributed by atoms with van der Waals surface area (Å²) in [7, 11) is 0. The van der Waals surface area contributed by atoms with Crippen molar-refractivity contribution in [1.82, 2.24) is 5.32 Å². The van der Waals surface area contributed by atoms with Crippen molar-refractivity contribution in [3.63, 3.8) is 0 Å². The van der Waals surface area contributed by atoms with E-state index in [2.05, 4.69) is 5.32 Å². The number of hydrogen-bond donors (Lipinski definition) is 4. The van der Waals surface area contributed by atoms with Crippen molar-refractivity contribution in [3.8, 4) is 11.5 Å². The molecule has 0 radical (unpaired) electrons. The Balaban J connectivity index is 2.83. The Hall–Kier alpha value is -1.75. The van der Waals surface area contributed by atoms with Crippen LogP contribution in [0.5, 0.6) is 11.5 Å². The second-order valence-corrected chi connectivity index (χ2v) is 4.31. The van der Waals surface area contributed by atoms with Crippen molar-refractivity contribution in [3.05, 3.63) is 23.8 Å². The molecule has 0 aliphatic rings. The number of aromatic hydroxyl groups is 2. The van der Waals surface area contributed by atoms with E-state index in [9.17, 15) is 15.0 Å². The summed E-state index contributed by atoms with van der Waals surface area (Å²) in [5.41, 5.74) is 0.484. The molecule has 5 nitrogen and oxygen atoms in total. The number of carbonyl (C=O) groups is 1. The summed E-state index contributed by atoms with van der Waals surface area (Å²) in [5.74, 6) is -0.837. The van der Waals surface area contributed by atoms with Crippen LogP contribution in [0.2, 0.25) is 0 Å². The molecule has 1 rings (SSSR count). The van der Waals surface area contributed by atoms with Gasteiger partial charge in [0.2, 0.25) is 0 Å². The lowest BCUT2D eigenvalue weighted by molar-refractivity contribution is -0.139. The van der Waals surface area contributed by atoms with Crippen molar-refractivity contribution in [2.24, 2.45) is 0 Å². The maximum Gasteiger partial charge on any atom is 0.320 e. The van der Waals surface area contributed by atoms with Crippen molar-refractivity contribution >= 4 is 5.97 Å². The fourth-order valence-electron chi connectivity index (χ4n) is 1.85. The zero-order valence-electron chi connectivity index (χ0n) is 10.6. The van der Waals surface area contributed by atoms with Gasteiger partial charge in [0.05, 0.1) is 0 Å². The number of carboxylic acids is 1. The van der Waals surface area contributed by atoms with E-state index in [-0.39, 0.29) is 17.5 Å². The lowest BCUT2D eigenvalue weighted by Crippen LogP contribution is -2.38. The zero-order valence-corrected chi connectivity index (χ0v) is 10.6. The second-order valence-electron chi connectivity index (χ2n) is 4.31. The first-order valence-corrected chi connectivity index (χ1v) is 5.96. The van der Waals surface area contributed by atoms with Gasteiger partial charge in [0.15, 0.2) is 0 Å². The monoisotopic (exact) mass is 253 g/mol. The molecular formula is C13H19NO4. The van der Waals surface area contributed by atoms with Gasteiger partial charge in [0.25, 0.3) is 0 Å². The van der Waals surface area contributed by atoms with Gasteiger partial charge in [-0.05, 0) is 31.5 Å². The highest BCUT2D eigenvalue weighted by Gasteiger charge is 2.20. The molecule has 18 heavy (non-hydrogen) atoms. The number of aliphatic carboxylic acids is 1. The molecule has 1 aromatic rings. The maximum absolute atomic E-state index is 11.0. The van der Waals surface area contributed by atoms with Gasteiger partial charge < -0.3 is 15.3 Å². The predicted octanol–water partition coefficient (Wildman–Crippen LogP) is 2.00. The number of rotatable bonds is 6. The number of benzene rings is 1. The summed E-state index contributed by atoms with van der Waals surface area (Å²) in [6.07, 6.45) is 1.27. The first-order valence-electron chi connectivity index (χ1n) is 5.96. The first kappa shape index (κ1) is 14.3. The minimum atomic E-state index is -0.914. The zero-order chi connectivity index (χ0) is 13.7. The summed E-state index contributed by atoms with van der Waals surface area (Å²) in [6, 6.07) is 3.18. The molecule has 0 aliphatic heterocycles. The minimum Gasteiger partial charge on any atom is -0.508 e. The minimum absolute atomic E-state index is 0.0356. The van der Waals surface area contributed by atoms with Crippen LogP contribution >= 0.6 is 0 Å².